The van der Waals surface area contributed by atoms with E-state index >= 15 is 0 Å². The van der Waals surface area contributed by atoms with E-state index in [2.05, 4.69) is 9.97 Å². The molecule has 2 aromatic heterocycles. The Labute approximate surface area is 84.7 Å². The predicted molar refractivity (Wildman–Crippen MR) is 57.9 cm³/mol. The molecule has 0 aliphatic rings. The Hall–Kier alpha value is -1.70. The van der Waals surface area contributed by atoms with Gasteiger partial charge in [0.25, 0.3) is 0 Å². The van der Waals surface area contributed by atoms with Gasteiger partial charge in [0, 0.05) is 24.8 Å². The topological polar surface area (TPSA) is 25.8 Å². The van der Waals surface area contributed by atoms with Crippen molar-refractivity contribution in [3.05, 3.63) is 60.2 Å². The number of nitrogens with zero attached hydrogens (tertiary/aromatic N) is 2. The summed E-state index contributed by atoms with van der Waals surface area (Å²) in [5, 5.41) is 0. The average molecular weight is 186 g/mol. The van der Waals surface area contributed by atoms with E-state index < -0.39 is 0 Å². The van der Waals surface area contributed by atoms with Gasteiger partial charge in [0.1, 0.15) is 0 Å². The van der Waals surface area contributed by atoms with E-state index in [1.165, 1.54) is 11.1 Å². The maximum atomic E-state index is 3.88. The average Bonchev–Trinajstić information content (AvgIpc) is 2.21. The quantitative estimate of drug-likeness (QED) is 0.632. The zero-order valence-electron chi connectivity index (χ0n) is 8.51. The molecule has 0 aliphatic heterocycles. The van der Waals surface area contributed by atoms with Gasteiger partial charge in [-0.05, 0) is 37.1 Å². The van der Waals surface area contributed by atoms with E-state index in [0.29, 0.717) is 0 Å². The van der Waals surface area contributed by atoms with Crippen molar-refractivity contribution in [2.75, 3.05) is 0 Å². The lowest BCUT2D eigenvalue weighted by Gasteiger charge is -1.82. The molecule has 0 unspecified atom stereocenters. The second kappa shape index (κ2) is 5.86. The fourth-order valence-corrected chi connectivity index (χ4v) is 0.896. The van der Waals surface area contributed by atoms with Crippen LogP contribution in [-0.2, 0) is 0 Å². The molecule has 2 aromatic rings. The summed E-state index contributed by atoms with van der Waals surface area (Å²) in [7, 11) is 0. The minimum Gasteiger partial charge on any atom is -0.264 e. The lowest BCUT2D eigenvalue weighted by molar-refractivity contribution is 1.27. The highest BCUT2D eigenvalue weighted by Crippen LogP contribution is 1.88. The summed E-state index contributed by atoms with van der Waals surface area (Å²) in [6.45, 7) is 4.04. The molecule has 0 saturated heterocycles. The highest BCUT2D eigenvalue weighted by atomic mass is 14.6. The first kappa shape index (κ1) is 10.4. The zero-order chi connectivity index (χ0) is 10.2. The second-order valence-electron chi connectivity index (χ2n) is 3.06. The van der Waals surface area contributed by atoms with Crippen LogP contribution >= 0.6 is 0 Å². The normalized spacial score (nSPS) is 8.71. The highest BCUT2D eigenvalue weighted by molar-refractivity contribution is 5.05. The molecule has 0 radical (unpaired) electrons. The zero-order valence-corrected chi connectivity index (χ0v) is 8.51. The van der Waals surface area contributed by atoms with Crippen molar-refractivity contribution in [2.45, 2.75) is 13.8 Å². The molecule has 0 atom stereocenters. The van der Waals surface area contributed by atoms with Crippen LogP contribution in [0, 0.1) is 13.8 Å². The van der Waals surface area contributed by atoms with Crippen molar-refractivity contribution in [1.82, 2.24) is 9.97 Å². The third kappa shape index (κ3) is 4.36. The van der Waals surface area contributed by atoms with Crippen LogP contribution in [0.2, 0.25) is 0 Å². The summed E-state index contributed by atoms with van der Waals surface area (Å²) in [6, 6.07) is 7.89. The number of aromatic nitrogens is 2. The van der Waals surface area contributed by atoms with E-state index in [9.17, 15) is 0 Å². The van der Waals surface area contributed by atoms with Crippen molar-refractivity contribution >= 4 is 0 Å². The van der Waals surface area contributed by atoms with Gasteiger partial charge in [0.05, 0.1) is 0 Å². The van der Waals surface area contributed by atoms with Crippen molar-refractivity contribution in [2.24, 2.45) is 0 Å². The summed E-state index contributed by atoms with van der Waals surface area (Å²) in [4.78, 5) is 7.77. The van der Waals surface area contributed by atoms with E-state index in [-0.39, 0.29) is 0 Å². The van der Waals surface area contributed by atoms with E-state index in [4.69, 9.17) is 0 Å². The molecule has 0 N–H and O–H groups in total. The summed E-state index contributed by atoms with van der Waals surface area (Å²) in [6.07, 6.45) is 7.21. The van der Waals surface area contributed by atoms with Gasteiger partial charge in [-0.15, -0.1) is 0 Å². The molecule has 0 aliphatic carbocycles. The smallest absolute Gasteiger partial charge is 0.0297 e. The van der Waals surface area contributed by atoms with Crippen molar-refractivity contribution in [3.63, 3.8) is 0 Å². The molecule has 14 heavy (non-hydrogen) atoms. The van der Waals surface area contributed by atoms with Crippen molar-refractivity contribution in [3.8, 4) is 0 Å². The van der Waals surface area contributed by atoms with Crippen LogP contribution < -0.4 is 0 Å². The number of hydrogen-bond acceptors (Lipinski definition) is 2. The molecule has 2 heteroatoms. The molecule has 2 nitrogen and oxygen atoms in total. The molecule has 2 heterocycles. The van der Waals surface area contributed by atoms with Crippen LogP contribution in [0.3, 0.4) is 0 Å². The van der Waals surface area contributed by atoms with Crippen LogP contribution in [-0.4, -0.2) is 9.97 Å². The van der Waals surface area contributed by atoms with Gasteiger partial charge in [-0.1, -0.05) is 12.1 Å². The second-order valence-corrected chi connectivity index (χ2v) is 3.06. The Bertz CT molecular complexity index is 306. The van der Waals surface area contributed by atoms with Crippen LogP contribution in [0.1, 0.15) is 11.1 Å². The van der Waals surface area contributed by atoms with Gasteiger partial charge >= 0.3 is 0 Å². The van der Waals surface area contributed by atoms with Gasteiger partial charge in [0.15, 0.2) is 0 Å². The minimum atomic E-state index is 1.21. The van der Waals surface area contributed by atoms with Gasteiger partial charge in [-0.25, -0.2) is 0 Å². The Kier molecular flexibility index (Phi) is 4.35. The standard InChI is InChI=1S/2C6H7N/c2*1-6-3-2-4-7-5-6/h2*2-5H,1H3. The fraction of sp³-hybridized carbons (Fsp3) is 0.167. The fourth-order valence-electron chi connectivity index (χ4n) is 0.896. The molecular weight excluding hydrogens is 172 g/mol. The SMILES string of the molecule is Cc1cccnc1.Cc1cccnc1. The first-order chi connectivity index (χ1) is 6.79. The molecule has 0 saturated carbocycles. The summed E-state index contributed by atoms with van der Waals surface area (Å²) >= 11 is 0. The lowest BCUT2D eigenvalue weighted by atomic mass is 10.3. The molecule has 0 spiro atoms. The molecular formula is C12H14N2. The summed E-state index contributed by atoms with van der Waals surface area (Å²) in [5.74, 6) is 0. The Morgan fingerprint density at radius 1 is 0.786 bits per heavy atom. The molecule has 72 valence electrons. The molecule has 0 fully saturated rings. The van der Waals surface area contributed by atoms with Gasteiger partial charge in [0.2, 0.25) is 0 Å². The van der Waals surface area contributed by atoms with Gasteiger partial charge in [-0.2, -0.15) is 0 Å². The van der Waals surface area contributed by atoms with E-state index in [0.717, 1.165) is 0 Å². The number of aryl methyl sites for hydroxylation is 2. The lowest BCUT2D eigenvalue weighted by Crippen LogP contribution is -1.69. The maximum absolute atomic E-state index is 3.88. The van der Waals surface area contributed by atoms with Crippen LogP contribution in [0.4, 0.5) is 0 Å². The van der Waals surface area contributed by atoms with Gasteiger partial charge < -0.3 is 0 Å². The number of rotatable bonds is 0. The minimum absolute atomic E-state index is 1.21. The van der Waals surface area contributed by atoms with Crippen LogP contribution in [0.15, 0.2) is 49.1 Å². The first-order valence-corrected chi connectivity index (χ1v) is 4.52. The maximum Gasteiger partial charge on any atom is 0.0297 e. The summed E-state index contributed by atoms with van der Waals surface area (Å²) < 4.78 is 0. The number of hydrogen-bond donors (Lipinski definition) is 0. The highest BCUT2D eigenvalue weighted by Gasteiger charge is 1.73. The Balaban J connectivity index is 0.000000140. The summed E-state index contributed by atoms with van der Waals surface area (Å²) in [5.41, 5.74) is 2.42. The first-order valence-electron chi connectivity index (χ1n) is 4.52. The third-order valence-corrected chi connectivity index (χ3v) is 1.62. The van der Waals surface area contributed by atoms with Crippen molar-refractivity contribution in [1.29, 1.82) is 0 Å². The molecule has 0 aromatic carbocycles. The number of pyridine rings is 2. The van der Waals surface area contributed by atoms with Gasteiger partial charge in [-0.3, -0.25) is 9.97 Å². The monoisotopic (exact) mass is 186 g/mol. The third-order valence-electron chi connectivity index (χ3n) is 1.62. The van der Waals surface area contributed by atoms with E-state index in [1.54, 1.807) is 12.4 Å². The Morgan fingerprint density at radius 3 is 1.36 bits per heavy atom. The molecule has 0 bridgehead atoms. The van der Waals surface area contributed by atoms with Crippen LogP contribution in [0.25, 0.3) is 0 Å². The van der Waals surface area contributed by atoms with E-state index in [1.807, 2.05) is 50.5 Å². The largest absolute Gasteiger partial charge is 0.264 e. The van der Waals surface area contributed by atoms with Crippen LogP contribution in [0.5, 0.6) is 0 Å². The molecule has 0 amide bonds. The van der Waals surface area contributed by atoms with Crippen molar-refractivity contribution < 1.29 is 0 Å². The Morgan fingerprint density at radius 2 is 1.21 bits per heavy atom. The molecule has 2 rings (SSSR count). The predicted octanol–water partition coefficient (Wildman–Crippen LogP) is 2.78.